The molecule has 0 fully saturated rings. The number of hydrogen-bond acceptors (Lipinski definition) is 4. The molecule has 14 heavy (non-hydrogen) atoms. The van der Waals surface area contributed by atoms with E-state index in [9.17, 15) is 4.79 Å². The van der Waals surface area contributed by atoms with Gasteiger partial charge in [-0.05, 0) is 31.3 Å². The molecule has 0 saturated carbocycles. The van der Waals surface area contributed by atoms with Crippen molar-refractivity contribution >= 4 is 23.3 Å². The van der Waals surface area contributed by atoms with E-state index in [1.165, 1.54) is 0 Å². The molecule has 0 heterocycles. The van der Waals surface area contributed by atoms with Gasteiger partial charge in [0.2, 0.25) is 0 Å². The molecule has 1 aliphatic rings. The highest BCUT2D eigenvalue weighted by atomic mass is 32.1. The highest BCUT2D eigenvalue weighted by Gasteiger charge is 2.14. The molecule has 0 aromatic rings. The summed E-state index contributed by atoms with van der Waals surface area (Å²) in [4.78, 5) is 14.4. The summed E-state index contributed by atoms with van der Waals surface area (Å²) >= 11 is 4.47. The summed E-state index contributed by atoms with van der Waals surface area (Å²) in [5.41, 5.74) is 0.410. The first-order chi connectivity index (χ1) is 6.81. The molecule has 72 valence electrons. The van der Waals surface area contributed by atoms with Crippen LogP contribution < -0.4 is 0 Å². The maximum atomic E-state index is 10.6. The fourth-order valence-electron chi connectivity index (χ4n) is 1.09. The zero-order valence-corrected chi connectivity index (χ0v) is 8.50. The lowest BCUT2D eigenvalue weighted by Gasteiger charge is -2.12. The van der Waals surface area contributed by atoms with Crippen LogP contribution in [0.1, 0.15) is 6.92 Å². The molecule has 0 aromatic heterocycles. The van der Waals surface area contributed by atoms with Crippen LogP contribution in [0.25, 0.3) is 0 Å². The summed E-state index contributed by atoms with van der Waals surface area (Å²) < 4.78 is 5.23. The molecule has 0 aliphatic heterocycles. The Labute approximate surface area is 87.5 Å². The minimum atomic E-state index is -0.366. The fourth-order valence-corrected chi connectivity index (χ4v) is 1.21. The van der Waals surface area contributed by atoms with Crippen molar-refractivity contribution in [2.24, 2.45) is 4.99 Å². The van der Waals surface area contributed by atoms with E-state index < -0.39 is 0 Å². The number of isothiocyanates is 1. The smallest absolute Gasteiger partial charge is 0.130 e. The highest BCUT2D eigenvalue weighted by molar-refractivity contribution is 7.78. The number of aliphatic imine (C=N–C) groups is 1. The first kappa shape index (κ1) is 10.6. The minimum Gasteiger partial charge on any atom is -0.494 e. The van der Waals surface area contributed by atoms with Gasteiger partial charge in [0, 0.05) is 0 Å². The maximum Gasteiger partial charge on any atom is 0.130 e. The Morgan fingerprint density at radius 2 is 2.50 bits per heavy atom. The molecule has 0 saturated heterocycles. The summed E-state index contributed by atoms with van der Waals surface area (Å²) in [6.07, 6.45) is 5.09. The van der Waals surface area contributed by atoms with Gasteiger partial charge in [0.15, 0.2) is 0 Å². The van der Waals surface area contributed by atoms with Crippen molar-refractivity contribution in [1.82, 2.24) is 0 Å². The summed E-state index contributed by atoms with van der Waals surface area (Å²) in [6, 6.07) is -0.366. The summed E-state index contributed by atoms with van der Waals surface area (Å²) in [7, 11) is 0. The minimum absolute atomic E-state index is 0.366. The molecule has 3 nitrogen and oxygen atoms in total. The van der Waals surface area contributed by atoms with Gasteiger partial charge in [0.05, 0.1) is 17.3 Å². The van der Waals surface area contributed by atoms with Crippen LogP contribution in [-0.4, -0.2) is 23.8 Å². The molecule has 1 rings (SSSR count). The number of thiocarbonyl (C=S) groups is 1. The average molecular weight is 207 g/mol. The van der Waals surface area contributed by atoms with E-state index in [0.717, 1.165) is 0 Å². The lowest BCUT2D eigenvalue weighted by molar-refractivity contribution is 0.241. The molecular weight excluding hydrogens is 198 g/mol. The van der Waals surface area contributed by atoms with Crippen molar-refractivity contribution < 1.29 is 9.53 Å². The van der Waals surface area contributed by atoms with Crippen molar-refractivity contribution in [3.63, 3.8) is 0 Å². The monoisotopic (exact) mass is 207 g/mol. The predicted octanol–water partition coefficient (Wildman–Crippen LogP) is 1.71. The molecule has 0 bridgehead atoms. The number of allylic oxidation sites excluding steroid dienone is 1. The van der Waals surface area contributed by atoms with E-state index in [2.05, 4.69) is 22.4 Å². The topological polar surface area (TPSA) is 38.7 Å². The Morgan fingerprint density at radius 3 is 3.07 bits per heavy atom. The van der Waals surface area contributed by atoms with Crippen LogP contribution in [0.2, 0.25) is 0 Å². The van der Waals surface area contributed by atoms with E-state index in [1.807, 2.05) is 6.92 Å². The van der Waals surface area contributed by atoms with Crippen LogP contribution in [0, 0.1) is 0 Å². The molecule has 1 aliphatic carbocycles. The van der Waals surface area contributed by atoms with E-state index in [4.69, 9.17) is 4.74 Å². The third kappa shape index (κ3) is 2.51. The van der Waals surface area contributed by atoms with Crippen LogP contribution in [0.5, 0.6) is 0 Å². The van der Waals surface area contributed by atoms with Gasteiger partial charge in [-0.3, -0.25) is 0 Å². The van der Waals surface area contributed by atoms with Crippen molar-refractivity contribution in [2.45, 2.75) is 13.0 Å². The Bertz CT molecular complexity index is 372. The molecule has 0 amide bonds. The largest absolute Gasteiger partial charge is 0.494 e. The second-order valence-corrected chi connectivity index (χ2v) is 2.74. The Hall–Kier alpha value is -1.47. The van der Waals surface area contributed by atoms with E-state index >= 15 is 0 Å². The second-order valence-electron chi connectivity index (χ2n) is 2.56. The fraction of sp³-hybridized carbons (Fsp3) is 0.300. The van der Waals surface area contributed by atoms with Crippen molar-refractivity contribution in [3.8, 4) is 0 Å². The lowest BCUT2D eigenvalue weighted by atomic mass is 10.0. The van der Waals surface area contributed by atoms with Crippen LogP contribution in [-0.2, 0) is 9.53 Å². The number of hydrogen-bond donors (Lipinski definition) is 0. The van der Waals surface area contributed by atoms with Gasteiger partial charge in [0.25, 0.3) is 0 Å². The molecule has 1 atom stereocenters. The van der Waals surface area contributed by atoms with Crippen molar-refractivity contribution in [2.75, 3.05) is 6.61 Å². The quantitative estimate of drug-likeness (QED) is 0.401. The molecule has 0 spiro atoms. The summed E-state index contributed by atoms with van der Waals surface area (Å²) in [5.74, 6) is 2.45. The first-order valence-corrected chi connectivity index (χ1v) is 4.57. The molecule has 1 unspecified atom stereocenters. The van der Waals surface area contributed by atoms with Gasteiger partial charge in [-0.15, -0.1) is 0 Å². The Morgan fingerprint density at radius 1 is 1.71 bits per heavy atom. The van der Waals surface area contributed by atoms with Crippen LogP contribution in [0.3, 0.4) is 0 Å². The van der Waals surface area contributed by atoms with Crippen LogP contribution in [0.15, 0.2) is 34.6 Å². The van der Waals surface area contributed by atoms with Crippen LogP contribution >= 0.6 is 12.2 Å². The lowest BCUT2D eigenvalue weighted by Crippen LogP contribution is -2.08. The standard InChI is InChI=1S/C10H9NO2S/c1-2-13-9-3-4-10(11-7-14)8(5-9)6-12/h3-5,10H,2H2,1H3. The van der Waals surface area contributed by atoms with Gasteiger partial charge in [-0.1, -0.05) is 6.08 Å². The SMILES string of the molecule is CCOC1=CC(=C=O)C(N=C=S)C=C1. The molecular formula is C10H9NO2S. The van der Waals surface area contributed by atoms with E-state index in [0.29, 0.717) is 17.9 Å². The molecule has 0 aromatic carbocycles. The predicted molar refractivity (Wildman–Crippen MR) is 56.9 cm³/mol. The van der Waals surface area contributed by atoms with Crippen molar-refractivity contribution in [1.29, 1.82) is 0 Å². The number of ether oxygens (including phenoxy) is 1. The summed E-state index contributed by atoms with van der Waals surface area (Å²) in [6.45, 7) is 2.43. The third-order valence-electron chi connectivity index (χ3n) is 1.68. The molecule has 0 N–H and O–H groups in total. The van der Waals surface area contributed by atoms with Gasteiger partial charge < -0.3 is 4.74 Å². The van der Waals surface area contributed by atoms with E-state index in [1.54, 1.807) is 24.2 Å². The first-order valence-electron chi connectivity index (χ1n) is 4.16. The Balaban J connectivity index is 2.91. The Kier molecular flexibility index (Phi) is 4.02. The normalized spacial score (nSPS) is 19.4. The third-order valence-corrected chi connectivity index (χ3v) is 1.79. The van der Waals surface area contributed by atoms with E-state index in [-0.39, 0.29) is 6.04 Å². The molecule has 0 radical (unpaired) electrons. The van der Waals surface area contributed by atoms with Gasteiger partial charge >= 0.3 is 0 Å². The maximum absolute atomic E-state index is 10.6. The average Bonchev–Trinajstić information content (AvgIpc) is 2.21. The number of rotatable bonds is 3. The highest BCUT2D eigenvalue weighted by Crippen LogP contribution is 2.17. The number of nitrogens with zero attached hydrogens (tertiary/aromatic N) is 1. The zero-order valence-electron chi connectivity index (χ0n) is 7.69. The van der Waals surface area contributed by atoms with Crippen LogP contribution in [0.4, 0.5) is 0 Å². The number of carbonyl (C=O) groups excluding carboxylic acids is 1. The van der Waals surface area contributed by atoms with Crippen molar-refractivity contribution in [3.05, 3.63) is 29.6 Å². The second kappa shape index (κ2) is 5.30. The molecule has 4 heteroatoms. The van der Waals surface area contributed by atoms with Gasteiger partial charge in [-0.25, -0.2) is 9.79 Å². The zero-order chi connectivity index (χ0) is 10.4. The van der Waals surface area contributed by atoms with Gasteiger partial charge in [-0.2, -0.15) is 0 Å². The van der Waals surface area contributed by atoms with Gasteiger partial charge in [0.1, 0.15) is 17.7 Å². The summed E-state index contributed by atoms with van der Waals surface area (Å²) in [5, 5.41) is 2.24.